The van der Waals surface area contributed by atoms with Gasteiger partial charge in [-0.2, -0.15) is 0 Å². The summed E-state index contributed by atoms with van der Waals surface area (Å²) in [7, 11) is 0. The van der Waals surface area contributed by atoms with Crippen molar-refractivity contribution in [3.05, 3.63) is 32.8 Å². The minimum absolute atomic E-state index is 0.0425. The molecule has 1 fully saturated rings. The number of alkyl halides is 2. The van der Waals surface area contributed by atoms with E-state index in [0.717, 1.165) is 10.0 Å². The molecule has 18 heavy (non-hydrogen) atoms. The molecule has 1 N–H and O–H groups in total. The van der Waals surface area contributed by atoms with E-state index in [4.69, 9.17) is 11.6 Å². The SMILES string of the molecule is Cc1cc(C2(O)CCC(F)(F)CC2)c(Cl)cc1Br. The molecule has 1 aromatic carbocycles. The van der Waals surface area contributed by atoms with Gasteiger partial charge in [0.05, 0.1) is 5.60 Å². The Bertz CT molecular complexity index is 466. The summed E-state index contributed by atoms with van der Waals surface area (Å²) in [6.45, 7) is 1.88. The molecule has 0 spiro atoms. The van der Waals surface area contributed by atoms with E-state index >= 15 is 0 Å². The second-order valence-electron chi connectivity index (χ2n) is 4.97. The number of aliphatic hydroxyl groups is 1. The van der Waals surface area contributed by atoms with E-state index in [1.165, 1.54) is 0 Å². The van der Waals surface area contributed by atoms with Gasteiger partial charge in [-0.25, -0.2) is 8.78 Å². The Morgan fingerprint density at radius 3 is 2.33 bits per heavy atom. The van der Waals surface area contributed by atoms with Gasteiger partial charge < -0.3 is 5.11 Å². The van der Waals surface area contributed by atoms with Crippen LogP contribution in [0.5, 0.6) is 0 Å². The van der Waals surface area contributed by atoms with Crippen molar-refractivity contribution in [1.29, 1.82) is 0 Å². The van der Waals surface area contributed by atoms with Crippen molar-refractivity contribution in [3.8, 4) is 0 Å². The summed E-state index contributed by atoms with van der Waals surface area (Å²) in [5.41, 5.74) is 0.255. The summed E-state index contributed by atoms with van der Waals surface area (Å²) in [6.07, 6.45) is -0.508. The molecule has 1 aliphatic rings. The molecule has 5 heteroatoms. The molecule has 0 unspecified atom stereocenters. The lowest BCUT2D eigenvalue weighted by atomic mass is 9.78. The van der Waals surface area contributed by atoms with Crippen LogP contribution in [0.2, 0.25) is 5.02 Å². The third kappa shape index (κ3) is 2.70. The van der Waals surface area contributed by atoms with Crippen LogP contribution in [-0.2, 0) is 5.60 Å². The lowest BCUT2D eigenvalue weighted by Crippen LogP contribution is -2.36. The molecule has 1 saturated carbocycles. The quantitative estimate of drug-likeness (QED) is 0.778. The van der Waals surface area contributed by atoms with Crippen LogP contribution < -0.4 is 0 Å². The number of rotatable bonds is 1. The van der Waals surface area contributed by atoms with E-state index in [2.05, 4.69) is 15.9 Å². The summed E-state index contributed by atoms with van der Waals surface area (Å²) in [5, 5.41) is 11.0. The molecule has 0 aliphatic heterocycles. The fourth-order valence-electron chi connectivity index (χ4n) is 2.31. The van der Waals surface area contributed by atoms with Gasteiger partial charge in [0.25, 0.3) is 0 Å². The number of benzene rings is 1. The van der Waals surface area contributed by atoms with Crippen LogP contribution in [0.25, 0.3) is 0 Å². The van der Waals surface area contributed by atoms with Crippen LogP contribution in [0.3, 0.4) is 0 Å². The van der Waals surface area contributed by atoms with Crippen molar-refractivity contribution >= 4 is 27.5 Å². The zero-order valence-electron chi connectivity index (χ0n) is 9.94. The maximum Gasteiger partial charge on any atom is 0.248 e. The van der Waals surface area contributed by atoms with Crippen molar-refractivity contribution in [2.45, 2.75) is 44.1 Å². The van der Waals surface area contributed by atoms with Crippen LogP contribution in [-0.4, -0.2) is 11.0 Å². The van der Waals surface area contributed by atoms with Crippen molar-refractivity contribution in [1.82, 2.24) is 0 Å². The zero-order valence-corrected chi connectivity index (χ0v) is 12.3. The summed E-state index contributed by atoms with van der Waals surface area (Å²) in [5.74, 6) is -2.66. The predicted octanol–water partition coefficient (Wildman–Crippen LogP) is 4.81. The number of hydrogen-bond donors (Lipinski definition) is 1. The van der Waals surface area contributed by atoms with E-state index in [1.54, 1.807) is 12.1 Å². The van der Waals surface area contributed by atoms with Gasteiger partial charge >= 0.3 is 0 Å². The smallest absolute Gasteiger partial charge is 0.248 e. The summed E-state index contributed by atoms with van der Waals surface area (Å²) >= 11 is 9.47. The highest BCUT2D eigenvalue weighted by Crippen LogP contribution is 2.46. The van der Waals surface area contributed by atoms with E-state index in [-0.39, 0.29) is 25.7 Å². The van der Waals surface area contributed by atoms with Crippen molar-refractivity contribution < 1.29 is 13.9 Å². The van der Waals surface area contributed by atoms with Crippen LogP contribution in [0.4, 0.5) is 8.78 Å². The highest BCUT2D eigenvalue weighted by atomic mass is 79.9. The number of halogens is 4. The van der Waals surface area contributed by atoms with Crippen molar-refractivity contribution in [3.63, 3.8) is 0 Å². The molecule has 0 aromatic heterocycles. The Morgan fingerprint density at radius 2 is 1.78 bits per heavy atom. The van der Waals surface area contributed by atoms with Crippen LogP contribution in [0.1, 0.15) is 36.8 Å². The van der Waals surface area contributed by atoms with Crippen LogP contribution in [0.15, 0.2) is 16.6 Å². The van der Waals surface area contributed by atoms with Gasteiger partial charge in [0.2, 0.25) is 5.92 Å². The first-order chi connectivity index (χ1) is 8.23. The van der Waals surface area contributed by atoms with Gasteiger partial charge in [0.1, 0.15) is 0 Å². The van der Waals surface area contributed by atoms with Crippen molar-refractivity contribution in [2.24, 2.45) is 0 Å². The molecule has 0 heterocycles. The Hall–Kier alpha value is -0.190. The van der Waals surface area contributed by atoms with Crippen molar-refractivity contribution in [2.75, 3.05) is 0 Å². The van der Waals surface area contributed by atoms with Crippen LogP contribution >= 0.6 is 27.5 Å². The Morgan fingerprint density at radius 1 is 1.22 bits per heavy atom. The molecule has 100 valence electrons. The van der Waals surface area contributed by atoms with Gasteiger partial charge in [-0.1, -0.05) is 33.6 Å². The maximum absolute atomic E-state index is 13.2. The molecule has 0 radical (unpaired) electrons. The first-order valence-electron chi connectivity index (χ1n) is 5.80. The third-order valence-corrected chi connectivity index (χ3v) is 4.73. The number of aryl methyl sites for hydroxylation is 1. The fraction of sp³-hybridized carbons (Fsp3) is 0.538. The lowest BCUT2D eigenvalue weighted by Gasteiger charge is -2.37. The Kier molecular flexibility index (Phi) is 3.74. The maximum atomic E-state index is 13.2. The highest BCUT2D eigenvalue weighted by Gasteiger charge is 2.44. The molecule has 1 aliphatic carbocycles. The zero-order chi connectivity index (χ0) is 13.6. The fourth-order valence-corrected chi connectivity index (χ4v) is 3.13. The average Bonchev–Trinajstić information content (AvgIpc) is 2.28. The first-order valence-corrected chi connectivity index (χ1v) is 6.97. The van der Waals surface area contributed by atoms with E-state index < -0.39 is 11.5 Å². The van der Waals surface area contributed by atoms with Gasteiger partial charge in [-0.15, -0.1) is 0 Å². The molecule has 1 aromatic rings. The molecular weight excluding hydrogens is 325 g/mol. The van der Waals surface area contributed by atoms with Crippen LogP contribution in [0, 0.1) is 6.92 Å². The van der Waals surface area contributed by atoms with E-state index in [1.807, 2.05) is 6.92 Å². The molecule has 0 bridgehead atoms. The monoisotopic (exact) mass is 338 g/mol. The standard InChI is InChI=1S/C13H14BrClF2O/c1-8-6-9(11(15)7-10(8)14)12(18)2-4-13(16,17)5-3-12/h6-7,18H,2-5H2,1H3. The largest absolute Gasteiger partial charge is 0.385 e. The minimum Gasteiger partial charge on any atom is -0.385 e. The minimum atomic E-state index is -2.66. The normalized spacial score (nSPS) is 21.9. The van der Waals surface area contributed by atoms with Gasteiger partial charge in [-0.3, -0.25) is 0 Å². The summed E-state index contributed by atoms with van der Waals surface area (Å²) in [6, 6.07) is 3.48. The summed E-state index contributed by atoms with van der Waals surface area (Å²) in [4.78, 5) is 0. The number of hydrogen-bond acceptors (Lipinski definition) is 1. The van der Waals surface area contributed by atoms with Gasteiger partial charge in [-0.05, 0) is 31.4 Å². The third-order valence-electron chi connectivity index (χ3n) is 3.56. The van der Waals surface area contributed by atoms with E-state index in [9.17, 15) is 13.9 Å². The topological polar surface area (TPSA) is 20.2 Å². The van der Waals surface area contributed by atoms with Gasteiger partial charge in [0, 0.05) is 27.9 Å². The first kappa shape index (κ1) is 14.2. The molecule has 0 saturated heterocycles. The second-order valence-corrected chi connectivity index (χ2v) is 6.23. The molecule has 0 amide bonds. The molecule has 2 rings (SSSR count). The Balaban J connectivity index is 2.34. The predicted molar refractivity (Wildman–Crippen MR) is 71.2 cm³/mol. The summed E-state index contributed by atoms with van der Waals surface area (Å²) < 4.78 is 27.2. The highest BCUT2D eigenvalue weighted by molar-refractivity contribution is 9.10. The van der Waals surface area contributed by atoms with E-state index in [0.29, 0.717) is 10.6 Å². The average molecular weight is 340 g/mol. The Labute approximate surface area is 118 Å². The molecular formula is C13H14BrClF2O. The molecule has 0 atom stereocenters. The molecule has 1 nitrogen and oxygen atoms in total. The van der Waals surface area contributed by atoms with Gasteiger partial charge in [0.15, 0.2) is 0 Å². The second kappa shape index (κ2) is 4.73. The lowest BCUT2D eigenvalue weighted by molar-refractivity contribution is -0.107.